The van der Waals surface area contributed by atoms with Crippen LogP contribution in [0, 0.1) is 0 Å². The van der Waals surface area contributed by atoms with Crippen molar-refractivity contribution in [2.45, 2.75) is 24.4 Å². The molecule has 0 aromatic carbocycles. The van der Waals surface area contributed by atoms with Crippen molar-refractivity contribution in [2.24, 2.45) is 0 Å². The highest BCUT2D eigenvalue weighted by atomic mass is 19.4. The summed E-state index contributed by atoms with van der Waals surface area (Å²) in [6.45, 7) is 0. The standard InChI is InChI=1S/C6H6F8O3/c1-15-5(11,12)3(7,4(8,9)10)17-6(13,14)16-2/h1-2H3. The van der Waals surface area contributed by atoms with E-state index in [1.807, 2.05) is 0 Å². The van der Waals surface area contributed by atoms with E-state index in [0.29, 0.717) is 0 Å². The summed E-state index contributed by atoms with van der Waals surface area (Å²) in [5.74, 6) is -6.06. The molecule has 1 atom stereocenters. The van der Waals surface area contributed by atoms with Gasteiger partial charge in [-0.05, 0) is 0 Å². The molecule has 0 N–H and O–H groups in total. The van der Waals surface area contributed by atoms with Crippen molar-refractivity contribution in [3.05, 3.63) is 0 Å². The second kappa shape index (κ2) is 4.53. The van der Waals surface area contributed by atoms with Gasteiger partial charge in [-0.3, -0.25) is 4.74 Å². The molecule has 0 amide bonds. The van der Waals surface area contributed by atoms with Gasteiger partial charge in [-0.15, -0.1) is 8.78 Å². The van der Waals surface area contributed by atoms with Crippen LogP contribution in [0.1, 0.15) is 0 Å². The monoisotopic (exact) mass is 278 g/mol. The summed E-state index contributed by atoms with van der Waals surface area (Å²) in [4.78, 5) is 0. The highest BCUT2D eigenvalue weighted by Crippen LogP contribution is 2.49. The predicted octanol–water partition coefficient (Wildman–Crippen LogP) is 2.67. The number of alkyl halides is 8. The van der Waals surface area contributed by atoms with Gasteiger partial charge in [0.15, 0.2) is 0 Å². The van der Waals surface area contributed by atoms with Gasteiger partial charge >= 0.3 is 24.4 Å². The fourth-order valence-corrected chi connectivity index (χ4v) is 0.619. The van der Waals surface area contributed by atoms with Crippen LogP contribution in [0.25, 0.3) is 0 Å². The Bertz CT molecular complexity index is 264. The maximum atomic E-state index is 13.0. The third-order valence-electron chi connectivity index (χ3n) is 1.49. The Balaban J connectivity index is 5.44. The van der Waals surface area contributed by atoms with Gasteiger partial charge in [0, 0.05) is 14.2 Å². The Morgan fingerprint density at radius 3 is 1.35 bits per heavy atom. The predicted molar refractivity (Wildman–Crippen MR) is 34.9 cm³/mol. The first kappa shape index (κ1) is 16.3. The summed E-state index contributed by atoms with van der Waals surface area (Å²) in [5, 5.41) is 0. The Morgan fingerprint density at radius 2 is 1.12 bits per heavy atom. The molecule has 0 bridgehead atoms. The van der Waals surface area contributed by atoms with Crippen molar-refractivity contribution in [1.82, 2.24) is 0 Å². The van der Waals surface area contributed by atoms with E-state index in [9.17, 15) is 35.1 Å². The fraction of sp³-hybridized carbons (Fsp3) is 1.00. The summed E-state index contributed by atoms with van der Waals surface area (Å²) >= 11 is 0. The number of hydrogen-bond acceptors (Lipinski definition) is 3. The Morgan fingerprint density at radius 1 is 0.706 bits per heavy atom. The van der Waals surface area contributed by atoms with Gasteiger partial charge in [0.1, 0.15) is 0 Å². The molecule has 0 rings (SSSR count). The average Bonchev–Trinajstić information content (AvgIpc) is 2.15. The summed E-state index contributed by atoms with van der Waals surface area (Å²) in [6, 6.07) is 0. The smallest absolute Gasteiger partial charge is 0.319 e. The molecule has 0 aliphatic carbocycles. The van der Waals surface area contributed by atoms with Gasteiger partial charge in [0.2, 0.25) is 0 Å². The zero-order chi connectivity index (χ0) is 14.1. The SMILES string of the molecule is COC(F)(F)OC(F)(C(F)(F)F)C(F)(F)OC. The first-order valence-electron chi connectivity index (χ1n) is 3.64. The quantitative estimate of drug-likeness (QED) is 0.571. The van der Waals surface area contributed by atoms with Crippen molar-refractivity contribution in [3.8, 4) is 0 Å². The second-order valence-electron chi connectivity index (χ2n) is 2.58. The second-order valence-corrected chi connectivity index (χ2v) is 2.58. The largest absolute Gasteiger partial charge is 0.488 e. The Kier molecular flexibility index (Phi) is 4.35. The molecule has 0 saturated carbocycles. The minimum absolute atomic E-state index is 0.0195. The topological polar surface area (TPSA) is 27.7 Å². The van der Waals surface area contributed by atoms with Crippen LogP contribution in [0.5, 0.6) is 0 Å². The van der Waals surface area contributed by atoms with Crippen molar-refractivity contribution in [1.29, 1.82) is 0 Å². The highest BCUT2D eigenvalue weighted by molar-refractivity contribution is 4.86. The molecule has 0 aliphatic heterocycles. The number of methoxy groups -OCH3 is 2. The van der Waals surface area contributed by atoms with E-state index >= 15 is 0 Å². The summed E-state index contributed by atoms with van der Waals surface area (Å²) < 4.78 is 107. The fourth-order valence-electron chi connectivity index (χ4n) is 0.619. The van der Waals surface area contributed by atoms with Crippen LogP contribution >= 0.6 is 0 Å². The zero-order valence-electron chi connectivity index (χ0n) is 8.25. The van der Waals surface area contributed by atoms with Crippen molar-refractivity contribution in [3.63, 3.8) is 0 Å². The van der Waals surface area contributed by atoms with Crippen LogP contribution in [0.4, 0.5) is 35.1 Å². The van der Waals surface area contributed by atoms with E-state index in [4.69, 9.17) is 0 Å². The van der Waals surface area contributed by atoms with Crippen LogP contribution in [0.3, 0.4) is 0 Å². The lowest BCUT2D eigenvalue weighted by Crippen LogP contribution is -2.60. The van der Waals surface area contributed by atoms with Crippen LogP contribution in [0.15, 0.2) is 0 Å². The average molecular weight is 278 g/mol. The number of ether oxygens (including phenoxy) is 3. The molecule has 0 aromatic heterocycles. The van der Waals surface area contributed by atoms with Gasteiger partial charge in [0.05, 0.1) is 0 Å². The van der Waals surface area contributed by atoms with Crippen molar-refractivity contribution < 1.29 is 49.3 Å². The van der Waals surface area contributed by atoms with Gasteiger partial charge in [-0.25, -0.2) is 4.74 Å². The molecule has 17 heavy (non-hydrogen) atoms. The molecule has 0 heterocycles. The van der Waals surface area contributed by atoms with Gasteiger partial charge < -0.3 is 4.74 Å². The van der Waals surface area contributed by atoms with E-state index in [0.717, 1.165) is 0 Å². The normalized spacial score (nSPS) is 18.0. The van der Waals surface area contributed by atoms with Gasteiger partial charge in [-0.2, -0.15) is 26.3 Å². The molecule has 3 nitrogen and oxygen atoms in total. The van der Waals surface area contributed by atoms with E-state index in [-0.39, 0.29) is 14.2 Å². The molecule has 104 valence electrons. The van der Waals surface area contributed by atoms with Crippen LogP contribution in [0.2, 0.25) is 0 Å². The Labute approximate surface area is 89.2 Å². The number of rotatable bonds is 5. The van der Waals surface area contributed by atoms with E-state index in [2.05, 4.69) is 14.2 Å². The van der Waals surface area contributed by atoms with Crippen molar-refractivity contribution in [2.75, 3.05) is 14.2 Å². The molecular formula is C6H6F8O3. The minimum atomic E-state index is -6.48. The first-order valence-corrected chi connectivity index (χ1v) is 3.64. The van der Waals surface area contributed by atoms with E-state index < -0.39 is 24.4 Å². The lowest BCUT2D eigenvalue weighted by molar-refractivity contribution is -0.533. The third kappa shape index (κ3) is 3.16. The maximum absolute atomic E-state index is 13.0. The third-order valence-corrected chi connectivity index (χ3v) is 1.49. The van der Waals surface area contributed by atoms with Crippen LogP contribution in [-0.2, 0) is 14.2 Å². The lowest BCUT2D eigenvalue weighted by atomic mass is 10.2. The highest BCUT2D eigenvalue weighted by Gasteiger charge is 2.77. The van der Waals surface area contributed by atoms with Crippen molar-refractivity contribution >= 4 is 0 Å². The zero-order valence-corrected chi connectivity index (χ0v) is 8.25. The number of hydrogen-bond donors (Lipinski definition) is 0. The van der Waals surface area contributed by atoms with Crippen LogP contribution < -0.4 is 0 Å². The van der Waals surface area contributed by atoms with E-state index in [1.54, 1.807) is 0 Å². The molecule has 1 unspecified atom stereocenters. The summed E-state index contributed by atoms with van der Waals surface area (Å²) in [5.41, 5.74) is 0. The number of halogens is 8. The van der Waals surface area contributed by atoms with E-state index in [1.165, 1.54) is 0 Å². The summed E-state index contributed by atoms with van der Waals surface area (Å²) in [6.07, 6.45) is -17.4. The first-order chi connectivity index (χ1) is 7.33. The molecule has 0 spiro atoms. The van der Waals surface area contributed by atoms with Gasteiger partial charge in [0.25, 0.3) is 0 Å². The molecule has 11 heteroatoms. The molecule has 0 radical (unpaired) electrons. The minimum Gasteiger partial charge on any atom is -0.319 e. The molecule has 0 aromatic rings. The summed E-state index contributed by atoms with van der Waals surface area (Å²) in [7, 11) is 0.107. The molecular weight excluding hydrogens is 272 g/mol. The van der Waals surface area contributed by atoms with Crippen LogP contribution in [-0.4, -0.2) is 38.7 Å². The molecule has 0 aliphatic rings. The van der Waals surface area contributed by atoms with Gasteiger partial charge in [-0.1, -0.05) is 0 Å². The maximum Gasteiger partial charge on any atom is 0.488 e. The lowest BCUT2D eigenvalue weighted by Gasteiger charge is -2.34. The molecule has 0 fully saturated rings. The Hall–Kier alpha value is -0.680. The molecule has 0 saturated heterocycles.